The van der Waals surface area contributed by atoms with Gasteiger partial charge in [0.1, 0.15) is 11.3 Å². The van der Waals surface area contributed by atoms with Crippen LogP contribution in [0.25, 0.3) is 0 Å². The van der Waals surface area contributed by atoms with Gasteiger partial charge in [-0.15, -0.1) is 0 Å². The van der Waals surface area contributed by atoms with Gasteiger partial charge in [0.15, 0.2) is 0 Å². The third-order valence-electron chi connectivity index (χ3n) is 2.38. The monoisotopic (exact) mass is 342 g/mol. The van der Waals surface area contributed by atoms with Crippen LogP contribution in [-0.4, -0.2) is 11.1 Å². The van der Waals surface area contributed by atoms with Crippen molar-refractivity contribution in [2.45, 2.75) is 13.8 Å². The molecular weight excluding hydrogens is 331 g/mol. The number of nitrogens with one attached hydrogen (secondary N) is 1. The van der Waals surface area contributed by atoms with Gasteiger partial charge in [0.05, 0.1) is 11.4 Å². The normalized spacial score (nSPS) is 10.3. The van der Waals surface area contributed by atoms with Crippen molar-refractivity contribution in [3.8, 4) is 0 Å². The number of carbonyl (C=O) groups is 1. The number of rotatable bonds is 2. The first-order valence-corrected chi connectivity index (χ1v) is 6.16. The molecule has 0 spiro atoms. The second-order valence-electron chi connectivity index (χ2n) is 3.63. The van der Waals surface area contributed by atoms with Crippen LogP contribution in [0.4, 0.5) is 5.69 Å². The first-order chi connectivity index (χ1) is 8.09. The molecule has 1 N–H and O–H groups in total. The number of anilines is 1. The quantitative estimate of drug-likeness (QED) is 0.853. The topological polar surface area (TPSA) is 55.1 Å². The van der Waals surface area contributed by atoms with Crippen molar-refractivity contribution in [3.63, 3.8) is 0 Å². The number of carbonyl (C=O) groups excluding carboxylic acids is 1. The zero-order valence-electron chi connectivity index (χ0n) is 9.45. The van der Waals surface area contributed by atoms with E-state index in [1.54, 1.807) is 13.8 Å². The maximum Gasteiger partial charge on any atom is 0.261 e. The van der Waals surface area contributed by atoms with E-state index in [4.69, 9.17) is 4.52 Å². The molecule has 0 unspecified atom stereocenters. The van der Waals surface area contributed by atoms with E-state index in [1.165, 1.54) is 0 Å². The average Bonchev–Trinajstić information content (AvgIpc) is 2.62. The summed E-state index contributed by atoms with van der Waals surface area (Å²) in [5.41, 5.74) is 1.90. The number of aryl methyl sites for hydroxylation is 2. The van der Waals surface area contributed by atoms with Gasteiger partial charge in [-0.3, -0.25) is 4.79 Å². The molecule has 0 aliphatic heterocycles. The summed E-state index contributed by atoms with van der Waals surface area (Å²) in [7, 11) is 0. The minimum absolute atomic E-state index is 0.189. The van der Waals surface area contributed by atoms with Crippen molar-refractivity contribution < 1.29 is 9.32 Å². The van der Waals surface area contributed by atoms with Crippen LogP contribution < -0.4 is 5.32 Å². The highest BCUT2D eigenvalue weighted by Crippen LogP contribution is 2.19. The van der Waals surface area contributed by atoms with Crippen LogP contribution in [0.5, 0.6) is 0 Å². The molecule has 1 aromatic heterocycles. The SMILES string of the molecule is Cc1noc(C)c1C(=O)Nc1ccccc1I. The van der Waals surface area contributed by atoms with Gasteiger partial charge in [0.2, 0.25) is 0 Å². The fraction of sp³-hybridized carbons (Fsp3) is 0.167. The van der Waals surface area contributed by atoms with Crippen molar-refractivity contribution in [2.75, 3.05) is 5.32 Å². The fourth-order valence-electron chi connectivity index (χ4n) is 1.55. The molecule has 1 heterocycles. The summed E-state index contributed by atoms with van der Waals surface area (Å²) in [4.78, 5) is 12.1. The second kappa shape index (κ2) is 4.87. The molecule has 0 saturated heterocycles. The predicted molar refractivity (Wildman–Crippen MR) is 73.1 cm³/mol. The van der Waals surface area contributed by atoms with Gasteiger partial charge in [-0.1, -0.05) is 17.3 Å². The number of halogens is 1. The van der Waals surface area contributed by atoms with Gasteiger partial charge >= 0.3 is 0 Å². The first-order valence-electron chi connectivity index (χ1n) is 5.08. The fourth-order valence-corrected chi connectivity index (χ4v) is 2.08. The summed E-state index contributed by atoms with van der Waals surface area (Å²) in [5, 5.41) is 6.61. The molecule has 2 rings (SSSR count). The van der Waals surface area contributed by atoms with Gasteiger partial charge in [-0.25, -0.2) is 0 Å². The summed E-state index contributed by atoms with van der Waals surface area (Å²) < 4.78 is 5.96. The van der Waals surface area contributed by atoms with E-state index in [-0.39, 0.29) is 5.91 Å². The van der Waals surface area contributed by atoms with Crippen LogP contribution in [-0.2, 0) is 0 Å². The van der Waals surface area contributed by atoms with E-state index >= 15 is 0 Å². The largest absolute Gasteiger partial charge is 0.361 e. The third-order valence-corrected chi connectivity index (χ3v) is 3.32. The lowest BCUT2D eigenvalue weighted by Gasteiger charge is -2.06. The Kier molecular flexibility index (Phi) is 3.46. The summed E-state index contributed by atoms with van der Waals surface area (Å²) in [5.74, 6) is 0.344. The van der Waals surface area contributed by atoms with Crippen LogP contribution in [0.2, 0.25) is 0 Å². The van der Waals surface area contributed by atoms with Crippen LogP contribution in [0.3, 0.4) is 0 Å². The number of nitrogens with zero attached hydrogens (tertiary/aromatic N) is 1. The number of para-hydroxylation sites is 1. The molecule has 0 fully saturated rings. The van der Waals surface area contributed by atoms with Crippen molar-refractivity contribution in [2.24, 2.45) is 0 Å². The van der Waals surface area contributed by atoms with E-state index in [1.807, 2.05) is 24.3 Å². The highest BCUT2D eigenvalue weighted by Gasteiger charge is 2.17. The number of hydrogen-bond donors (Lipinski definition) is 1. The molecule has 88 valence electrons. The van der Waals surface area contributed by atoms with E-state index < -0.39 is 0 Å². The summed E-state index contributed by atoms with van der Waals surface area (Å²) >= 11 is 2.18. The Hall–Kier alpha value is -1.37. The molecule has 2 aromatic rings. The van der Waals surface area contributed by atoms with E-state index in [0.29, 0.717) is 17.0 Å². The maximum atomic E-state index is 12.1. The lowest BCUT2D eigenvalue weighted by atomic mass is 10.2. The molecule has 5 heteroatoms. The van der Waals surface area contributed by atoms with Crippen molar-refractivity contribution in [1.29, 1.82) is 0 Å². The van der Waals surface area contributed by atoms with Gasteiger partial charge in [0.25, 0.3) is 5.91 Å². The Bertz CT molecular complexity index is 544. The summed E-state index contributed by atoms with van der Waals surface area (Å²) in [6.45, 7) is 3.48. The minimum Gasteiger partial charge on any atom is -0.361 e. The molecule has 4 nitrogen and oxygen atoms in total. The summed E-state index contributed by atoms with van der Waals surface area (Å²) in [6, 6.07) is 7.60. The highest BCUT2D eigenvalue weighted by atomic mass is 127. The molecule has 0 bridgehead atoms. The molecule has 1 aromatic carbocycles. The van der Waals surface area contributed by atoms with Crippen molar-refractivity contribution in [1.82, 2.24) is 5.16 Å². The molecular formula is C12H11IN2O2. The smallest absolute Gasteiger partial charge is 0.261 e. The number of hydrogen-bond acceptors (Lipinski definition) is 3. The number of aromatic nitrogens is 1. The molecule has 17 heavy (non-hydrogen) atoms. The number of amides is 1. The zero-order chi connectivity index (χ0) is 12.4. The Morgan fingerprint density at radius 1 is 1.35 bits per heavy atom. The van der Waals surface area contributed by atoms with Crippen LogP contribution in [0.15, 0.2) is 28.8 Å². The Morgan fingerprint density at radius 3 is 2.65 bits per heavy atom. The van der Waals surface area contributed by atoms with Gasteiger partial charge in [-0.2, -0.15) is 0 Å². The van der Waals surface area contributed by atoms with Crippen LogP contribution >= 0.6 is 22.6 Å². The first kappa shape index (κ1) is 12.1. The Balaban J connectivity index is 2.27. The van der Waals surface area contributed by atoms with Gasteiger partial charge in [-0.05, 0) is 48.6 Å². The molecule has 0 aliphatic carbocycles. The molecule has 1 amide bonds. The van der Waals surface area contributed by atoms with Gasteiger partial charge in [0, 0.05) is 3.57 Å². The van der Waals surface area contributed by atoms with E-state index in [9.17, 15) is 4.79 Å². The summed E-state index contributed by atoms with van der Waals surface area (Å²) in [6.07, 6.45) is 0. The van der Waals surface area contributed by atoms with Crippen molar-refractivity contribution in [3.05, 3.63) is 44.9 Å². The standard InChI is InChI=1S/C12H11IN2O2/c1-7-11(8(2)17-15-7)12(16)14-10-6-4-3-5-9(10)13/h3-6H,1-2H3,(H,14,16). The Morgan fingerprint density at radius 2 is 2.06 bits per heavy atom. The van der Waals surface area contributed by atoms with E-state index in [0.717, 1.165) is 9.26 Å². The maximum absolute atomic E-state index is 12.1. The van der Waals surface area contributed by atoms with Gasteiger partial charge < -0.3 is 9.84 Å². The predicted octanol–water partition coefficient (Wildman–Crippen LogP) is 3.15. The average molecular weight is 342 g/mol. The van der Waals surface area contributed by atoms with E-state index in [2.05, 4.69) is 33.1 Å². The lowest BCUT2D eigenvalue weighted by Crippen LogP contribution is -2.14. The van der Waals surface area contributed by atoms with Crippen LogP contribution in [0.1, 0.15) is 21.8 Å². The Labute approximate surface area is 113 Å². The minimum atomic E-state index is -0.189. The van der Waals surface area contributed by atoms with Crippen LogP contribution in [0, 0.1) is 17.4 Å². The zero-order valence-corrected chi connectivity index (χ0v) is 11.6. The molecule has 0 radical (unpaired) electrons. The lowest BCUT2D eigenvalue weighted by molar-refractivity contribution is 0.102. The second-order valence-corrected chi connectivity index (χ2v) is 4.80. The molecule has 0 saturated carbocycles. The van der Waals surface area contributed by atoms with Crippen molar-refractivity contribution >= 4 is 34.2 Å². The molecule has 0 atom stereocenters. The third kappa shape index (κ3) is 2.49. The highest BCUT2D eigenvalue weighted by molar-refractivity contribution is 14.1. The number of benzene rings is 1. The molecule has 0 aliphatic rings.